The molecule has 1 N–H and O–H groups in total. The van der Waals surface area contributed by atoms with Gasteiger partial charge in [0.05, 0.1) is 13.0 Å². The number of amides is 2. The molecule has 0 bridgehead atoms. The van der Waals surface area contributed by atoms with E-state index >= 15 is 0 Å². The maximum absolute atomic E-state index is 13.8. The van der Waals surface area contributed by atoms with E-state index in [0.717, 1.165) is 11.1 Å². The van der Waals surface area contributed by atoms with Crippen molar-refractivity contribution in [3.05, 3.63) is 137 Å². The van der Waals surface area contributed by atoms with E-state index in [1.54, 1.807) is 48.5 Å². The quantitative estimate of drug-likeness (QED) is 0.340. The van der Waals surface area contributed by atoms with Crippen LogP contribution in [0.1, 0.15) is 27.0 Å². The summed E-state index contributed by atoms with van der Waals surface area (Å²) in [6.45, 7) is 0.428. The van der Waals surface area contributed by atoms with Crippen molar-refractivity contribution in [2.75, 3.05) is 4.90 Å². The number of hydrogen-bond acceptors (Lipinski definition) is 2. The summed E-state index contributed by atoms with van der Waals surface area (Å²) >= 11 is 0. The number of benzene rings is 4. The minimum absolute atomic E-state index is 0.122. The Kier molecular flexibility index (Phi) is 7.80. The van der Waals surface area contributed by atoms with Crippen LogP contribution >= 0.6 is 0 Å². The fraction of sp³-hybridized carbons (Fsp3) is 0.103. The molecule has 7 heteroatoms. The van der Waals surface area contributed by atoms with E-state index in [4.69, 9.17) is 0 Å². The molecule has 0 radical (unpaired) electrons. The summed E-state index contributed by atoms with van der Waals surface area (Å²) in [7, 11) is 0. The van der Waals surface area contributed by atoms with Gasteiger partial charge < -0.3 is 10.2 Å². The largest absolute Gasteiger partial charge is 0.352 e. The van der Waals surface area contributed by atoms with Gasteiger partial charge in [-0.3, -0.25) is 9.59 Å². The minimum atomic E-state index is -0.524. The maximum Gasteiger partial charge on any atom is 0.258 e. The first kappa shape index (κ1) is 24.7. The maximum atomic E-state index is 13.8. The first-order chi connectivity index (χ1) is 17.4. The number of hydrogen-bond donors (Lipinski definition) is 1. The Labute approximate surface area is 207 Å². The molecule has 4 rings (SSSR count). The van der Waals surface area contributed by atoms with Crippen LogP contribution in [-0.4, -0.2) is 11.8 Å². The molecule has 0 aliphatic carbocycles. The first-order valence-electron chi connectivity index (χ1n) is 11.3. The summed E-state index contributed by atoms with van der Waals surface area (Å²) in [4.78, 5) is 27.1. The second kappa shape index (κ2) is 11.4. The number of rotatable bonds is 8. The third kappa shape index (κ3) is 6.60. The van der Waals surface area contributed by atoms with Crippen molar-refractivity contribution >= 4 is 17.5 Å². The monoisotopic (exact) mass is 488 g/mol. The summed E-state index contributed by atoms with van der Waals surface area (Å²) < 4.78 is 40.1. The molecule has 0 atom stereocenters. The Morgan fingerprint density at radius 3 is 1.86 bits per heavy atom. The highest BCUT2D eigenvalue weighted by molar-refractivity contribution is 6.06. The second-order valence-corrected chi connectivity index (χ2v) is 8.27. The number of carbonyl (C=O) groups is 2. The van der Waals surface area contributed by atoms with Crippen molar-refractivity contribution in [3.63, 3.8) is 0 Å². The van der Waals surface area contributed by atoms with E-state index in [2.05, 4.69) is 5.32 Å². The summed E-state index contributed by atoms with van der Waals surface area (Å²) in [6.07, 6.45) is 0.122. The zero-order valence-corrected chi connectivity index (χ0v) is 19.3. The Hall–Kier alpha value is -4.39. The highest BCUT2D eigenvalue weighted by Gasteiger charge is 2.19. The number of nitrogens with one attached hydrogen (secondary N) is 1. The molecule has 0 saturated heterocycles. The summed E-state index contributed by atoms with van der Waals surface area (Å²) in [6, 6.07) is 24.0. The van der Waals surface area contributed by atoms with Crippen LogP contribution in [0, 0.1) is 17.5 Å². The van der Waals surface area contributed by atoms with Crippen molar-refractivity contribution in [2.45, 2.75) is 19.5 Å². The standard InChI is InChI=1S/C29H23F3N2O2/c30-24-10-4-21(5-11-24)18-33-28(35)16-20-8-14-27(15-9-20)34(19-22-6-12-25(31)13-7-22)29(36)23-2-1-3-26(32)17-23/h1-15,17H,16,18-19H2,(H,33,35). The van der Waals surface area contributed by atoms with Crippen LogP contribution < -0.4 is 10.2 Å². The fourth-order valence-electron chi connectivity index (χ4n) is 3.67. The summed E-state index contributed by atoms with van der Waals surface area (Å²) in [5.74, 6) is -1.86. The van der Waals surface area contributed by atoms with Crippen LogP contribution in [0.4, 0.5) is 18.9 Å². The average Bonchev–Trinajstić information content (AvgIpc) is 2.88. The van der Waals surface area contributed by atoms with Crippen LogP contribution in [0.25, 0.3) is 0 Å². The molecule has 2 amide bonds. The van der Waals surface area contributed by atoms with Gasteiger partial charge in [0, 0.05) is 17.8 Å². The average molecular weight is 489 g/mol. The van der Waals surface area contributed by atoms with Gasteiger partial charge in [-0.15, -0.1) is 0 Å². The topological polar surface area (TPSA) is 49.4 Å². The highest BCUT2D eigenvalue weighted by Crippen LogP contribution is 2.22. The molecular weight excluding hydrogens is 465 g/mol. The van der Waals surface area contributed by atoms with Crippen molar-refractivity contribution in [2.24, 2.45) is 0 Å². The molecule has 0 saturated carbocycles. The van der Waals surface area contributed by atoms with Crippen LogP contribution in [0.2, 0.25) is 0 Å². The van der Waals surface area contributed by atoms with Crippen LogP contribution in [0.3, 0.4) is 0 Å². The van der Waals surface area contributed by atoms with Crippen LogP contribution in [0.15, 0.2) is 97.1 Å². The smallest absolute Gasteiger partial charge is 0.258 e. The van der Waals surface area contributed by atoms with Gasteiger partial charge in [0.1, 0.15) is 17.5 Å². The van der Waals surface area contributed by atoms with Crippen molar-refractivity contribution in [1.29, 1.82) is 0 Å². The molecule has 4 nitrogen and oxygen atoms in total. The molecule has 0 heterocycles. The molecular formula is C29H23F3N2O2. The lowest BCUT2D eigenvalue weighted by molar-refractivity contribution is -0.120. The van der Waals surface area contributed by atoms with E-state index in [0.29, 0.717) is 11.3 Å². The Bertz CT molecular complexity index is 1340. The predicted molar refractivity (Wildman–Crippen MR) is 132 cm³/mol. The normalized spacial score (nSPS) is 10.6. The molecule has 0 aromatic heterocycles. The van der Waals surface area contributed by atoms with Crippen LogP contribution in [-0.2, 0) is 24.3 Å². The predicted octanol–water partition coefficient (Wildman–Crippen LogP) is 5.81. The number of halogens is 3. The summed E-state index contributed by atoms with van der Waals surface area (Å²) in [5, 5.41) is 2.79. The minimum Gasteiger partial charge on any atom is -0.352 e. The van der Waals surface area contributed by atoms with Crippen molar-refractivity contribution in [3.8, 4) is 0 Å². The molecule has 182 valence electrons. The Morgan fingerprint density at radius 1 is 0.667 bits per heavy atom. The molecule has 0 spiro atoms. The SMILES string of the molecule is O=C(Cc1ccc(N(Cc2ccc(F)cc2)C(=O)c2cccc(F)c2)cc1)NCc1ccc(F)cc1. The highest BCUT2D eigenvalue weighted by atomic mass is 19.1. The molecule has 0 fully saturated rings. The van der Waals surface area contributed by atoms with E-state index < -0.39 is 11.7 Å². The summed E-state index contributed by atoms with van der Waals surface area (Å²) in [5.41, 5.74) is 2.94. The van der Waals surface area contributed by atoms with Gasteiger partial charge in [-0.1, -0.05) is 42.5 Å². The van der Waals surface area contributed by atoms with Gasteiger partial charge in [-0.25, -0.2) is 13.2 Å². The van der Waals surface area contributed by atoms with Crippen LogP contribution in [0.5, 0.6) is 0 Å². The third-order valence-corrected chi connectivity index (χ3v) is 5.59. The molecule has 0 aliphatic heterocycles. The van der Waals surface area contributed by atoms with E-state index in [1.165, 1.54) is 53.4 Å². The molecule has 36 heavy (non-hydrogen) atoms. The fourth-order valence-corrected chi connectivity index (χ4v) is 3.67. The van der Waals surface area contributed by atoms with Crippen molar-refractivity contribution < 1.29 is 22.8 Å². The first-order valence-corrected chi connectivity index (χ1v) is 11.3. The number of anilines is 1. The van der Waals surface area contributed by atoms with Gasteiger partial charge >= 0.3 is 0 Å². The molecule has 0 aliphatic rings. The third-order valence-electron chi connectivity index (χ3n) is 5.59. The van der Waals surface area contributed by atoms with E-state index in [-0.39, 0.29) is 42.6 Å². The van der Waals surface area contributed by atoms with E-state index in [1.807, 2.05) is 0 Å². The zero-order chi connectivity index (χ0) is 25.5. The Morgan fingerprint density at radius 2 is 1.25 bits per heavy atom. The number of nitrogens with zero attached hydrogens (tertiary/aromatic N) is 1. The lowest BCUT2D eigenvalue weighted by atomic mass is 10.1. The van der Waals surface area contributed by atoms with Gasteiger partial charge in [-0.2, -0.15) is 0 Å². The number of carbonyl (C=O) groups excluding carboxylic acids is 2. The van der Waals surface area contributed by atoms with E-state index in [9.17, 15) is 22.8 Å². The molecule has 4 aromatic rings. The zero-order valence-electron chi connectivity index (χ0n) is 19.3. The molecule has 4 aromatic carbocycles. The van der Waals surface area contributed by atoms with Gasteiger partial charge in [0.2, 0.25) is 5.91 Å². The molecule has 0 unspecified atom stereocenters. The lowest BCUT2D eigenvalue weighted by Gasteiger charge is -2.23. The van der Waals surface area contributed by atoms with Crippen molar-refractivity contribution in [1.82, 2.24) is 5.32 Å². The van der Waals surface area contributed by atoms with Gasteiger partial charge in [0.15, 0.2) is 0 Å². The second-order valence-electron chi connectivity index (χ2n) is 8.27. The van der Waals surface area contributed by atoms with Gasteiger partial charge in [0.25, 0.3) is 5.91 Å². The lowest BCUT2D eigenvalue weighted by Crippen LogP contribution is -2.30. The Balaban J connectivity index is 1.48. The van der Waals surface area contributed by atoms with Gasteiger partial charge in [-0.05, 0) is 71.3 Å².